The highest BCUT2D eigenvalue weighted by Gasteiger charge is 2.24. The Bertz CT molecular complexity index is 342. The van der Waals surface area contributed by atoms with E-state index in [0.29, 0.717) is 0 Å². The summed E-state index contributed by atoms with van der Waals surface area (Å²) in [6, 6.07) is 2.79. The van der Waals surface area contributed by atoms with E-state index in [1.165, 1.54) is 33.1 Å². The van der Waals surface area contributed by atoms with Crippen molar-refractivity contribution in [3.8, 4) is 11.5 Å². The normalized spacial score (nSPS) is 11.5. The van der Waals surface area contributed by atoms with Crippen LogP contribution in [0.4, 0.5) is 4.39 Å². The van der Waals surface area contributed by atoms with Gasteiger partial charge in [-0.25, -0.2) is 0 Å². The SMILES string of the molecule is COc1ccc(C(C)(C)O)c(O)c1F. The first-order valence-corrected chi connectivity index (χ1v) is 4.16. The van der Waals surface area contributed by atoms with Crippen LogP contribution in [0.25, 0.3) is 0 Å². The molecule has 0 saturated carbocycles. The molecule has 0 amide bonds. The second-order valence-corrected chi connectivity index (χ2v) is 3.54. The van der Waals surface area contributed by atoms with Crippen molar-refractivity contribution in [1.29, 1.82) is 0 Å². The van der Waals surface area contributed by atoms with Crippen LogP contribution >= 0.6 is 0 Å². The van der Waals surface area contributed by atoms with Gasteiger partial charge >= 0.3 is 0 Å². The summed E-state index contributed by atoms with van der Waals surface area (Å²) in [5, 5.41) is 19.0. The zero-order valence-electron chi connectivity index (χ0n) is 8.34. The van der Waals surface area contributed by atoms with Crippen LogP contribution in [0.15, 0.2) is 12.1 Å². The first-order valence-electron chi connectivity index (χ1n) is 4.16. The second-order valence-electron chi connectivity index (χ2n) is 3.54. The maximum Gasteiger partial charge on any atom is 0.206 e. The van der Waals surface area contributed by atoms with Crippen LogP contribution in [-0.2, 0) is 5.60 Å². The molecule has 4 heteroatoms. The quantitative estimate of drug-likeness (QED) is 0.764. The molecule has 0 aliphatic carbocycles. The maximum absolute atomic E-state index is 13.3. The summed E-state index contributed by atoms with van der Waals surface area (Å²) < 4.78 is 18.0. The number of phenolic OH excluding ortho intramolecular Hbond substituents is 1. The van der Waals surface area contributed by atoms with Crippen LogP contribution in [0.1, 0.15) is 19.4 Å². The van der Waals surface area contributed by atoms with Crippen molar-refractivity contribution in [3.63, 3.8) is 0 Å². The summed E-state index contributed by atoms with van der Waals surface area (Å²) in [5.74, 6) is -1.47. The summed E-state index contributed by atoms with van der Waals surface area (Å²) in [7, 11) is 1.31. The predicted molar refractivity (Wildman–Crippen MR) is 49.9 cm³/mol. The van der Waals surface area contributed by atoms with Crippen LogP contribution in [-0.4, -0.2) is 17.3 Å². The third-order valence-electron chi connectivity index (χ3n) is 1.96. The van der Waals surface area contributed by atoms with E-state index in [2.05, 4.69) is 4.74 Å². The zero-order chi connectivity index (χ0) is 10.9. The fourth-order valence-electron chi connectivity index (χ4n) is 1.20. The van der Waals surface area contributed by atoms with Crippen LogP contribution in [0, 0.1) is 5.82 Å². The van der Waals surface area contributed by atoms with Gasteiger partial charge in [0.05, 0.1) is 12.7 Å². The Morgan fingerprint density at radius 3 is 2.36 bits per heavy atom. The fourth-order valence-corrected chi connectivity index (χ4v) is 1.20. The molecular weight excluding hydrogens is 187 g/mol. The average molecular weight is 200 g/mol. The number of phenols is 1. The Hall–Kier alpha value is -1.29. The summed E-state index contributed by atoms with van der Waals surface area (Å²) in [6.07, 6.45) is 0. The molecule has 0 spiro atoms. The smallest absolute Gasteiger partial charge is 0.206 e. The molecule has 0 fully saturated rings. The summed E-state index contributed by atoms with van der Waals surface area (Å²) >= 11 is 0. The molecule has 0 aromatic heterocycles. The highest BCUT2D eigenvalue weighted by molar-refractivity contribution is 5.44. The zero-order valence-corrected chi connectivity index (χ0v) is 8.34. The van der Waals surface area contributed by atoms with E-state index in [0.717, 1.165) is 0 Å². The second kappa shape index (κ2) is 3.46. The number of benzene rings is 1. The van der Waals surface area contributed by atoms with Gasteiger partial charge in [-0.3, -0.25) is 0 Å². The van der Waals surface area contributed by atoms with Gasteiger partial charge in [-0.1, -0.05) is 0 Å². The lowest BCUT2D eigenvalue weighted by Gasteiger charge is -2.19. The van der Waals surface area contributed by atoms with Crippen LogP contribution in [0.3, 0.4) is 0 Å². The lowest BCUT2D eigenvalue weighted by Crippen LogP contribution is -2.16. The molecular formula is C10H13FO3. The van der Waals surface area contributed by atoms with Crippen molar-refractivity contribution in [2.24, 2.45) is 0 Å². The number of halogens is 1. The van der Waals surface area contributed by atoms with Gasteiger partial charge in [0.25, 0.3) is 0 Å². The standard InChI is InChI=1S/C10H13FO3/c1-10(2,13)6-4-5-7(14-3)8(11)9(6)12/h4-5,12-13H,1-3H3. The molecule has 14 heavy (non-hydrogen) atoms. The van der Waals surface area contributed by atoms with Gasteiger partial charge in [-0.05, 0) is 26.0 Å². The Labute approximate surface area is 81.8 Å². The highest BCUT2D eigenvalue weighted by Crippen LogP contribution is 2.35. The number of methoxy groups -OCH3 is 1. The first-order chi connectivity index (χ1) is 6.38. The molecule has 3 nitrogen and oxygen atoms in total. The largest absolute Gasteiger partial charge is 0.504 e. The van der Waals surface area contributed by atoms with E-state index in [9.17, 15) is 14.6 Å². The van der Waals surface area contributed by atoms with Crippen molar-refractivity contribution >= 4 is 0 Å². The third-order valence-corrected chi connectivity index (χ3v) is 1.96. The van der Waals surface area contributed by atoms with Gasteiger partial charge in [-0.2, -0.15) is 4.39 Å². The van der Waals surface area contributed by atoms with E-state index in [1.54, 1.807) is 0 Å². The summed E-state index contributed by atoms with van der Waals surface area (Å²) in [4.78, 5) is 0. The molecule has 0 heterocycles. The number of hydrogen-bond donors (Lipinski definition) is 2. The van der Waals surface area contributed by atoms with Crippen LogP contribution in [0.5, 0.6) is 11.5 Å². The van der Waals surface area contributed by atoms with Crippen LogP contribution in [0.2, 0.25) is 0 Å². The average Bonchev–Trinajstić information content (AvgIpc) is 2.07. The highest BCUT2D eigenvalue weighted by atomic mass is 19.1. The summed E-state index contributed by atoms with van der Waals surface area (Å²) in [5.41, 5.74) is -1.15. The minimum absolute atomic E-state index is 0.0458. The summed E-state index contributed by atoms with van der Waals surface area (Å²) in [6.45, 7) is 2.93. The Kier molecular flexibility index (Phi) is 2.66. The molecule has 0 unspecified atom stereocenters. The van der Waals surface area contributed by atoms with Gasteiger partial charge in [0.2, 0.25) is 5.82 Å². The van der Waals surface area contributed by atoms with E-state index < -0.39 is 17.2 Å². The number of aromatic hydroxyl groups is 1. The number of aliphatic hydroxyl groups is 1. The van der Waals surface area contributed by atoms with Crippen molar-refractivity contribution < 1.29 is 19.3 Å². The molecule has 1 rings (SSSR count). The van der Waals surface area contributed by atoms with E-state index >= 15 is 0 Å². The van der Waals surface area contributed by atoms with E-state index in [-0.39, 0.29) is 11.3 Å². The van der Waals surface area contributed by atoms with E-state index in [4.69, 9.17) is 0 Å². The van der Waals surface area contributed by atoms with Crippen LogP contribution < -0.4 is 4.74 Å². The number of rotatable bonds is 2. The van der Waals surface area contributed by atoms with Gasteiger partial charge in [0.15, 0.2) is 11.5 Å². The van der Waals surface area contributed by atoms with Crippen molar-refractivity contribution in [1.82, 2.24) is 0 Å². The predicted octanol–water partition coefficient (Wildman–Crippen LogP) is 1.77. The lowest BCUT2D eigenvalue weighted by molar-refractivity contribution is 0.0750. The van der Waals surface area contributed by atoms with Crippen molar-refractivity contribution in [2.45, 2.75) is 19.4 Å². The molecule has 0 aliphatic rings. The maximum atomic E-state index is 13.3. The molecule has 2 N–H and O–H groups in total. The molecule has 1 aromatic rings. The molecule has 1 aromatic carbocycles. The Balaban J connectivity index is 3.31. The minimum atomic E-state index is -1.28. The molecule has 0 atom stereocenters. The first kappa shape index (κ1) is 10.8. The van der Waals surface area contributed by atoms with Gasteiger partial charge in [-0.15, -0.1) is 0 Å². The molecule has 78 valence electrons. The molecule has 0 aliphatic heterocycles. The Morgan fingerprint density at radius 2 is 1.93 bits per heavy atom. The van der Waals surface area contributed by atoms with Crippen molar-refractivity contribution in [3.05, 3.63) is 23.5 Å². The van der Waals surface area contributed by atoms with Gasteiger partial charge in [0.1, 0.15) is 0 Å². The van der Waals surface area contributed by atoms with Crippen molar-refractivity contribution in [2.75, 3.05) is 7.11 Å². The third kappa shape index (κ3) is 1.80. The fraction of sp³-hybridized carbons (Fsp3) is 0.400. The van der Waals surface area contributed by atoms with Gasteiger partial charge < -0.3 is 14.9 Å². The lowest BCUT2D eigenvalue weighted by atomic mass is 9.97. The topological polar surface area (TPSA) is 49.7 Å². The van der Waals surface area contributed by atoms with E-state index in [1.807, 2.05) is 0 Å². The number of hydrogen-bond acceptors (Lipinski definition) is 3. The Morgan fingerprint density at radius 1 is 1.36 bits per heavy atom. The molecule has 0 radical (unpaired) electrons. The van der Waals surface area contributed by atoms with Gasteiger partial charge in [0, 0.05) is 5.56 Å². The monoisotopic (exact) mass is 200 g/mol. The minimum Gasteiger partial charge on any atom is -0.504 e. The molecule has 0 bridgehead atoms. The number of ether oxygens (including phenoxy) is 1. The molecule has 0 saturated heterocycles.